The molecule has 0 saturated carbocycles. The second-order valence-electron chi connectivity index (χ2n) is 8.55. The molecule has 0 atom stereocenters. The average Bonchev–Trinajstić information content (AvgIpc) is 3.62. The minimum atomic E-state index is -4.65. The van der Waals surface area contributed by atoms with Crippen LogP contribution in [0.2, 0.25) is 0 Å². The maximum atomic E-state index is 12.0. The van der Waals surface area contributed by atoms with Crippen molar-refractivity contribution in [2.45, 2.75) is 6.36 Å². The van der Waals surface area contributed by atoms with Crippen LogP contribution in [-0.4, -0.2) is 102 Å². The smallest absolute Gasteiger partial charge is 0.491 e. The van der Waals surface area contributed by atoms with Crippen LogP contribution in [0.25, 0.3) is 17.8 Å². The fraction of sp³-hybridized carbons (Fsp3) is 0.417. The average molecular weight is 550 g/mol. The van der Waals surface area contributed by atoms with Crippen molar-refractivity contribution in [1.82, 2.24) is 30.0 Å². The van der Waals surface area contributed by atoms with Crippen LogP contribution in [0.4, 0.5) is 18.9 Å². The summed E-state index contributed by atoms with van der Waals surface area (Å²) in [5.41, 5.74) is 6.60. The molecule has 1 saturated heterocycles. The maximum Gasteiger partial charge on any atom is 0.522 e. The number of nitrogens with two attached hydrogens (primary N) is 1. The molecule has 4 rings (SSSR count). The Balaban J connectivity index is 1.22. The van der Waals surface area contributed by atoms with Gasteiger partial charge in [-0.1, -0.05) is 0 Å². The number of rotatable bonds is 12. The number of hydrogen-bond acceptors (Lipinski definition) is 10. The molecule has 210 valence electrons. The summed E-state index contributed by atoms with van der Waals surface area (Å²) in [5, 5.41) is 6.95. The molecular weight excluding hydrogens is 519 g/mol. The summed E-state index contributed by atoms with van der Waals surface area (Å²) in [5.74, 6) is 2.28. The Morgan fingerprint density at radius 2 is 1.97 bits per heavy atom. The Morgan fingerprint density at radius 3 is 2.64 bits per heavy atom. The van der Waals surface area contributed by atoms with Gasteiger partial charge in [0, 0.05) is 58.1 Å². The quantitative estimate of drug-likeness (QED) is 0.197. The van der Waals surface area contributed by atoms with Crippen molar-refractivity contribution >= 4 is 18.1 Å². The van der Waals surface area contributed by atoms with E-state index < -0.39 is 13.0 Å². The summed E-state index contributed by atoms with van der Waals surface area (Å²) in [6, 6.07) is 7.31. The number of piperazine rings is 1. The summed E-state index contributed by atoms with van der Waals surface area (Å²) in [4.78, 5) is 19.3. The molecule has 12 nitrogen and oxygen atoms in total. The molecular formula is C24H30F3N9O3. The van der Waals surface area contributed by atoms with Crippen molar-refractivity contribution in [2.75, 3.05) is 64.4 Å². The van der Waals surface area contributed by atoms with E-state index in [4.69, 9.17) is 14.9 Å². The van der Waals surface area contributed by atoms with Gasteiger partial charge in [-0.15, -0.1) is 18.3 Å². The molecule has 15 heteroatoms. The number of aromatic amines is 1. The number of aromatic nitrogens is 4. The highest BCUT2D eigenvalue weighted by Gasteiger charge is 2.28. The maximum absolute atomic E-state index is 12.0. The highest BCUT2D eigenvalue weighted by Crippen LogP contribution is 2.22. The Kier molecular flexibility index (Phi) is 9.38. The van der Waals surface area contributed by atoms with E-state index in [-0.39, 0.29) is 6.61 Å². The number of halogens is 3. The Bertz CT molecular complexity index is 1210. The van der Waals surface area contributed by atoms with E-state index in [1.54, 1.807) is 18.2 Å². The fourth-order valence-corrected chi connectivity index (χ4v) is 3.92. The van der Waals surface area contributed by atoms with Crippen molar-refractivity contribution in [3.05, 3.63) is 48.4 Å². The summed E-state index contributed by atoms with van der Waals surface area (Å²) >= 11 is 0. The number of alkyl halides is 3. The summed E-state index contributed by atoms with van der Waals surface area (Å²) < 4.78 is 50.3. The Hall–Kier alpha value is -4.11. The van der Waals surface area contributed by atoms with E-state index in [0.717, 1.165) is 38.4 Å². The number of aliphatic imine (C=N–C) groups is 1. The number of likely N-dealkylation sites (N-methyl/N-ethyl adjacent to an activating group) is 1. The summed E-state index contributed by atoms with van der Waals surface area (Å²) in [6.07, 6.45) is 1.31. The molecule has 1 aromatic carbocycles. The van der Waals surface area contributed by atoms with Gasteiger partial charge in [0.25, 0.3) is 5.89 Å². The zero-order valence-corrected chi connectivity index (χ0v) is 21.3. The van der Waals surface area contributed by atoms with Crippen LogP contribution in [0.3, 0.4) is 0 Å². The zero-order valence-electron chi connectivity index (χ0n) is 21.3. The lowest BCUT2D eigenvalue weighted by Gasteiger charge is -2.37. The highest BCUT2D eigenvalue weighted by molar-refractivity contribution is 5.57. The third-order valence-electron chi connectivity index (χ3n) is 5.93. The number of H-pyrrole nitrogens is 1. The highest BCUT2D eigenvalue weighted by atomic mass is 19.4. The lowest BCUT2D eigenvalue weighted by Crippen LogP contribution is -2.48. The van der Waals surface area contributed by atoms with Gasteiger partial charge in [0.15, 0.2) is 5.82 Å². The van der Waals surface area contributed by atoms with Gasteiger partial charge in [0.2, 0.25) is 5.82 Å². The van der Waals surface area contributed by atoms with Crippen molar-refractivity contribution < 1.29 is 27.1 Å². The number of ether oxygens (including phenoxy) is 2. The number of benzene rings is 1. The third-order valence-corrected chi connectivity index (χ3v) is 5.93. The largest absolute Gasteiger partial charge is 0.522 e. The minimum Gasteiger partial charge on any atom is -0.491 e. The molecule has 3 N–H and O–H groups in total. The van der Waals surface area contributed by atoms with E-state index >= 15 is 0 Å². The monoisotopic (exact) mass is 549 g/mol. The topological polar surface area (TPSA) is 134 Å². The number of nitrogens with one attached hydrogen (secondary N) is 1. The normalized spacial score (nSPS) is 15.3. The van der Waals surface area contributed by atoms with E-state index in [0.29, 0.717) is 35.7 Å². The van der Waals surface area contributed by atoms with Crippen molar-refractivity contribution in [2.24, 2.45) is 10.7 Å². The first-order valence-corrected chi connectivity index (χ1v) is 12.2. The SMILES string of the molecule is CN(CCN1CCN(c2ccc(OCCOC(F)(F)F)cc2)CC1)/C(=C/c1nc(-c2ncco2)n[nH]1)N=CN. The molecule has 3 heterocycles. The first kappa shape index (κ1) is 27.9. The van der Waals surface area contributed by atoms with Gasteiger partial charge in [-0.3, -0.25) is 14.7 Å². The van der Waals surface area contributed by atoms with Crippen LogP contribution in [0.5, 0.6) is 5.75 Å². The second kappa shape index (κ2) is 13.1. The molecule has 1 aliphatic heterocycles. The third kappa shape index (κ3) is 8.44. The van der Waals surface area contributed by atoms with E-state index in [1.807, 2.05) is 24.1 Å². The second-order valence-corrected chi connectivity index (χ2v) is 8.55. The van der Waals surface area contributed by atoms with Gasteiger partial charge >= 0.3 is 6.36 Å². The molecule has 39 heavy (non-hydrogen) atoms. The molecule has 0 unspecified atom stereocenters. The number of anilines is 1. The van der Waals surface area contributed by atoms with Crippen LogP contribution in [0.15, 0.2) is 52.0 Å². The van der Waals surface area contributed by atoms with Crippen LogP contribution in [-0.2, 0) is 4.74 Å². The summed E-state index contributed by atoms with van der Waals surface area (Å²) in [6.45, 7) is 4.25. The first-order chi connectivity index (χ1) is 18.8. The van der Waals surface area contributed by atoms with Gasteiger partial charge in [0.05, 0.1) is 19.1 Å². The lowest BCUT2D eigenvalue weighted by atomic mass is 10.2. The standard InChI is InChI=1S/C24H30F3N9O3/c1-34(21(30-17-28)16-20-31-22(33-32-20)23-29-6-13-38-23)7-8-35-9-11-36(12-10-35)18-2-4-19(5-3-18)37-14-15-39-24(25,26)27/h2-6,13,16-17H,7-12,14-15H2,1H3,(H2,28,30)(H,31,32,33)/b21-16+. The van der Waals surface area contributed by atoms with E-state index in [9.17, 15) is 13.2 Å². The Labute approximate surface area is 222 Å². The number of hydrogen-bond donors (Lipinski definition) is 2. The lowest BCUT2D eigenvalue weighted by molar-refractivity contribution is -0.325. The van der Waals surface area contributed by atoms with Gasteiger partial charge in [0.1, 0.15) is 24.4 Å². The van der Waals surface area contributed by atoms with E-state index in [2.05, 4.69) is 39.7 Å². The number of nitrogens with zero attached hydrogens (tertiary/aromatic N) is 7. The molecule has 0 bridgehead atoms. The van der Waals surface area contributed by atoms with Gasteiger partial charge in [-0.25, -0.2) is 15.0 Å². The van der Waals surface area contributed by atoms with Crippen LogP contribution in [0, 0.1) is 0 Å². The van der Waals surface area contributed by atoms with E-state index in [1.165, 1.54) is 18.8 Å². The minimum absolute atomic E-state index is 0.179. The predicted octanol–water partition coefficient (Wildman–Crippen LogP) is 2.41. The van der Waals surface area contributed by atoms with Crippen molar-refractivity contribution in [1.29, 1.82) is 0 Å². The number of oxazole rings is 1. The summed E-state index contributed by atoms with van der Waals surface area (Å²) in [7, 11) is 1.93. The van der Waals surface area contributed by atoms with Gasteiger partial charge in [-0.2, -0.15) is 0 Å². The van der Waals surface area contributed by atoms with Crippen molar-refractivity contribution in [3.8, 4) is 17.5 Å². The molecule has 0 spiro atoms. The molecule has 2 aromatic heterocycles. The fourth-order valence-electron chi connectivity index (χ4n) is 3.92. The van der Waals surface area contributed by atoms with Gasteiger partial charge in [-0.05, 0) is 24.3 Å². The molecule has 0 amide bonds. The molecule has 0 radical (unpaired) electrons. The van der Waals surface area contributed by atoms with Crippen LogP contribution < -0.4 is 15.4 Å². The predicted molar refractivity (Wildman–Crippen MR) is 138 cm³/mol. The molecule has 1 fully saturated rings. The van der Waals surface area contributed by atoms with Crippen LogP contribution in [0.1, 0.15) is 5.82 Å². The van der Waals surface area contributed by atoms with Crippen LogP contribution >= 0.6 is 0 Å². The van der Waals surface area contributed by atoms with Gasteiger partial charge < -0.3 is 24.7 Å². The van der Waals surface area contributed by atoms with Crippen molar-refractivity contribution in [3.63, 3.8) is 0 Å². The Morgan fingerprint density at radius 1 is 1.21 bits per heavy atom. The molecule has 1 aliphatic rings. The first-order valence-electron chi connectivity index (χ1n) is 12.2. The zero-order chi connectivity index (χ0) is 27.7. The molecule has 3 aromatic rings. The molecule has 0 aliphatic carbocycles.